The van der Waals surface area contributed by atoms with Crippen molar-refractivity contribution in [2.24, 2.45) is 5.92 Å². The summed E-state index contributed by atoms with van der Waals surface area (Å²) in [5.74, 6) is 0.237. The fourth-order valence-corrected chi connectivity index (χ4v) is 4.25. The number of anilines is 2. The molecule has 0 aliphatic heterocycles. The number of rotatable bonds is 6. The standard InChI is InChI=1S/C23H21N5O2S/c1-14(29)25-23-27-20(13-31-23)22(30)26-19-4-2-3-16(10-19)17-7-8-21-18(9-17)11-24-28(21)12-15-5-6-15/h2-4,7-11,13,15H,5-6,12H2,1H3,(H,26,30)(H,25,27,29). The van der Waals surface area contributed by atoms with Gasteiger partial charge in [-0.05, 0) is 54.2 Å². The number of amides is 2. The summed E-state index contributed by atoms with van der Waals surface area (Å²) >= 11 is 1.22. The highest BCUT2D eigenvalue weighted by Crippen LogP contribution is 2.32. The Hall–Kier alpha value is -3.52. The van der Waals surface area contributed by atoms with E-state index in [4.69, 9.17) is 0 Å². The van der Waals surface area contributed by atoms with Gasteiger partial charge in [0.2, 0.25) is 5.91 Å². The number of nitrogens with one attached hydrogen (secondary N) is 2. The number of fused-ring (bicyclic) bond motifs is 1. The van der Waals surface area contributed by atoms with Gasteiger partial charge in [0.25, 0.3) is 5.91 Å². The molecule has 0 atom stereocenters. The van der Waals surface area contributed by atoms with E-state index in [1.165, 1.54) is 31.1 Å². The third kappa shape index (κ3) is 4.34. The molecule has 31 heavy (non-hydrogen) atoms. The lowest BCUT2D eigenvalue weighted by Crippen LogP contribution is -2.13. The molecule has 4 aromatic rings. The molecule has 8 heteroatoms. The summed E-state index contributed by atoms with van der Waals surface area (Å²) in [6.45, 7) is 2.40. The van der Waals surface area contributed by atoms with E-state index < -0.39 is 0 Å². The van der Waals surface area contributed by atoms with Crippen molar-refractivity contribution in [3.63, 3.8) is 0 Å². The van der Waals surface area contributed by atoms with E-state index in [0.29, 0.717) is 10.8 Å². The molecular weight excluding hydrogens is 410 g/mol. The maximum atomic E-state index is 12.5. The molecule has 1 aliphatic carbocycles. The Morgan fingerprint density at radius 2 is 1.97 bits per heavy atom. The van der Waals surface area contributed by atoms with Crippen LogP contribution in [0.15, 0.2) is 54.0 Å². The van der Waals surface area contributed by atoms with Crippen molar-refractivity contribution in [3.8, 4) is 11.1 Å². The van der Waals surface area contributed by atoms with E-state index in [1.54, 1.807) is 5.38 Å². The molecule has 1 fully saturated rings. The Bertz CT molecular complexity index is 1290. The lowest BCUT2D eigenvalue weighted by atomic mass is 10.0. The number of carbonyl (C=O) groups excluding carboxylic acids is 2. The predicted molar refractivity (Wildman–Crippen MR) is 122 cm³/mol. The SMILES string of the molecule is CC(=O)Nc1nc(C(=O)Nc2cccc(-c3ccc4c(cnn4CC4CC4)c3)c2)cs1. The normalized spacial score (nSPS) is 13.3. The summed E-state index contributed by atoms with van der Waals surface area (Å²) in [5, 5.41) is 13.2. The molecule has 156 valence electrons. The Morgan fingerprint density at radius 1 is 1.13 bits per heavy atom. The Labute approximate surface area is 183 Å². The van der Waals surface area contributed by atoms with E-state index >= 15 is 0 Å². The first-order valence-corrected chi connectivity index (χ1v) is 11.0. The van der Waals surface area contributed by atoms with Crippen LogP contribution in [0.2, 0.25) is 0 Å². The zero-order valence-electron chi connectivity index (χ0n) is 17.0. The van der Waals surface area contributed by atoms with Crippen molar-refractivity contribution >= 4 is 44.9 Å². The number of nitrogens with zero attached hydrogens (tertiary/aromatic N) is 3. The fourth-order valence-electron chi connectivity index (χ4n) is 3.51. The van der Waals surface area contributed by atoms with Gasteiger partial charge in [-0.1, -0.05) is 18.2 Å². The molecule has 5 rings (SSSR count). The van der Waals surface area contributed by atoms with Crippen molar-refractivity contribution < 1.29 is 9.59 Å². The highest BCUT2D eigenvalue weighted by molar-refractivity contribution is 7.14. The summed E-state index contributed by atoms with van der Waals surface area (Å²) in [6, 6.07) is 14.0. The van der Waals surface area contributed by atoms with Gasteiger partial charge in [0, 0.05) is 29.9 Å². The Kier molecular flexibility index (Phi) is 4.99. The van der Waals surface area contributed by atoms with Gasteiger partial charge in [0.1, 0.15) is 5.69 Å². The van der Waals surface area contributed by atoms with Crippen LogP contribution < -0.4 is 10.6 Å². The molecule has 7 nitrogen and oxygen atoms in total. The smallest absolute Gasteiger partial charge is 0.275 e. The highest BCUT2D eigenvalue weighted by Gasteiger charge is 2.22. The van der Waals surface area contributed by atoms with E-state index in [2.05, 4.69) is 43.6 Å². The van der Waals surface area contributed by atoms with Gasteiger partial charge < -0.3 is 10.6 Å². The molecule has 0 unspecified atom stereocenters. The van der Waals surface area contributed by atoms with Crippen LogP contribution in [0.25, 0.3) is 22.0 Å². The highest BCUT2D eigenvalue weighted by atomic mass is 32.1. The number of benzene rings is 2. The van der Waals surface area contributed by atoms with Crippen LogP contribution >= 0.6 is 11.3 Å². The van der Waals surface area contributed by atoms with Crippen LogP contribution in [0.5, 0.6) is 0 Å². The van der Waals surface area contributed by atoms with Crippen LogP contribution in [0.1, 0.15) is 30.3 Å². The second-order valence-corrected chi connectivity index (χ2v) is 8.66. The molecule has 2 N–H and O–H groups in total. The van der Waals surface area contributed by atoms with Crippen LogP contribution in [-0.4, -0.2) is 26.6 Å². The number of aromatic nitrogens is 3. The fraction of sp³-hybridized carbons (Fsp3) is 0.217. The summed E-state index contributed by atoms with van der Waals surface area (Å²) in [4.78, 5) is 27.8. The van der Waals surface area contributed by atoms with Crippen LogP contribution in [0.3, 0.4) is 0 Å². The number of thiazole rings is 1. The second kappa shape index (κ2) is 7.96. The predicted octanol–water partition coefficient (Wildman–Crippen LogP) is 4.78. The quantitative estimate of drug-likeness (QED) is 0.460. The maximum absolute atomic E-state index is 12.5. The first kappa shape index (κ1) is 19.4. The van der Waals surface area contributed by atoms with Gasteiger partial charge in [0.05, 0.1) is 11.7 Å². The molecule has 2 amide bonds. The third-order valence-electron chi connectivity index (χ3n) is 5.24. The van der Waals surface area contributed by atoms with Gasteiger partial charge in [0.15, 0.2) is 5.13 Å². The summed E-state index contributed by atoms with van der Waals surface area (Å²) in [6.07, 6.45) is 4.52. The monoisotopic (exact) mass is 431 g/mol. The minimum absolute atomic E-state index is 0.218. The number of hydrogen-bond acceptors (Lipinski definition) is 5. The summed E-state index contributed by atoms with van der Waals surface area (Å²) in [7, 11) is 0. The van der Waals surface area contributed by atoms with Gasteiger partial charge in [-0.15, -0.1) is 11.3 Å². The molecule has 0 bridgehead atoms. The average Bonchev–Trinajstić information content (AvgIpc) is 3.30. The van der Waals surface area contributed by atoms with Gasteiger partial charge in [-0.3, -0.25) is 14.3 Å². The summed E-state index contributed by atoms with van der Waals surface area (Å²) < 4.78 is 2.09. The van der Waals surface area contributed by atoms with Crippen molar-refractivity contribution in [2.45, 2.75) is 26.3 Å². The van der Waals surface area contributed by atoms with Gasteiger partial charge in [-0.25, -0.2) is 4.98 Å². The van der Waals surface area contributed by atoms with E-state index in [1.807, 2.05) is 30.5 Å². The number of hydrogen-bond donors (Lipinski definition) is 2. The van der Waals surface area contributed by atoms with Gasteiger partial charge in [-0.2, -0.15) is 5.10 Å². The molecule has 1 aliphatic rings. The largest absolute Gasteiger partial charge is 0.321 e. The molecule has 0 spiro atoms. The molecule has 0 radical (unpaired) electrons. The maximum Gasteiger partial charge on any atom is 0.275 e. The van der Waals surface area contributed by atoms with E-state index in [-0.39, 0.29) is 17.5 Å². The topological polar surface area (TPSA) is 88.9 Å². The minimum atomic E-state index is -0.318. The zero-order valence-corrected chi connectivity index (χ0v) is 17.8. The molecular formula is C23H21N5O2S. The lowest BCUT2D eigenvalue weighted by Gasteiger charge is -2.08. The van der Waals surface area contributed by atoms with Crippen LogP contribution in [0.4, 0.5) is 10.8 Å². The van der Waals surface area contributed by atoms with Crippen LogP contribution in [-0.2, 0) is 11.3 Å². The molecule has 0 saturated heterocycles. The van der Waals surface area contributed by atoms with Crippen molar-refractivity contribution in [2.75, 3.05) is 10.6 Å². The van der Waals surface area contributed by atoms with Crippen molar-refractivity contribution in [3.05, 3.63) is 59.7 Å². The van der Waals surface area contributed by atoms with E-state index in [0.717, 1.165) is 34.5 Å². The number of carbonyl (C=O) groups is 2. The Morgan fingerprint density at radius 3 is 2.77 bits per heavy atom. The van der Waals surface area contributed by atoms with Crippen molar-refractivity contribution in [1.29, 1.82) is 0 Å². The summed E-state index contributed by atoms with van der Waals surface area (Å²) in [5.41, 5.74) is 4.17. The first-order valence-electron chi connectivity index (χ1n) is 10.2. The van der Waals surface area contributed by atoms with E-state index in [9.17, 15) is 9.59 Å². The third-order valence-corrected chi connectivity index (χ3v) is 6.00. The van der Waals surface area contributed by atoms with Crippen molar-refractivity contribution in [1.82, 2.24) is 14.8 Å². The second-order valence-electron chi connectivity index (χ2n) is 7.80. The Balaban J connectivity index is 1.34. The van der Waals surface area contributed by atoms with Gasteiger partial charge >= 0.3 is 0 Å². The molecule has 2 aromatic heterocycles. The molecule has 2 aromatic carbocycles. The average molecular weight is 432 g/mol. The van der Waals surface area contributed by atoms with Crippen LogP contribution in [0, 0.1) is 5.92 Å². The minimum Gasteiger partial charge on any atom is -0.321 e. The first-order chi connectivity index (χ1) is 15.0. The zero-order chi connectivity index (χ0) is 21.4. The molecule has 2 heterocycles. The lowest BCUT2D eigenvalue weighted by molar-refractivity contribution is -0.114. The molecule has 1 saturated carbocycles.